The Morgan fingerprint density at radius 2 is 1.67 bits per heavy atom. The molecule has 3 aromatic carbocycles. The van der Waals surface area contributed by atoms with Crippen LogP contribution in [0.3, 0.4) is 0 Å². The van der Waals surface area contributed by atoms with Crippen molar-refractivity contribution in [2.75, 3.05) is 6.61 Å². The highest BCUT2D eigenvalue weighted by Gasteiger charge is 2.18. The molecule has 2 heterocycles. The van der Waals surface area contributed by atoms with E-state index in [0.717, 1.165) is 51.2 Å². The molecule has 5 rings (SSSR count). The summed E-state index contributed by atoms with van der Waals surface area (Å²) in [5.74, 6) is 0.939. The lowest BCUT2D eigenvalue weighted by atomic mass is 10.1. The van der Waals surface area contributed by atoms with E-state index in [9.17, 15) is 13.2 Å². The van der Waals surface area contributed by atoms with Crippen molar-refractivity contribution < 1.29 is 17.9 Å². The van der Waals surface area contributed by atoms with Gasteiger partial charge in [0.25, 0.3) is 10.0 Å². The minimum Gasteiger partial charge on any atom is -0.448 e. The van der Waals surface area contributed by atoms with Crippen LogP contribution >= 0.6 is 0 Å². The van der Waals surface area contributed by atoms with E-state index in [1.807, 2.05) is 48.0 Å². The standard InChI is InChI=1S/C29H27N5O4S/c1-3-28-32-26-16-22(23-17-30-19-31-18-23)8-13-27(26)34(28)24-9-6-21(7-10-24)14-15-38-29(35)33-39(36,37)25-11-4-20(2)5-12-25/h4-13,16-19H,3,14-15H2,1-2H3,(H,33,35). The van der Waals surface area contributed by atoms with Gasteiger partial charge in [-0.3, -0.25) is 4.57 Å². The molecule has 0 radical (unpaired) electrons. The molecule has 0 fully saturated rings. The highest BCUT2D eigenvalue weighted by atomic mass is 32.2. The Labute approximate surface area is 226 Å². The summed E-state index contributed by atoms with van der Waals surface area (Å²) in [7, 11) is -3.98. The number of rotatable bonds is 8. The highest BCUT2D eigenvalue weighted by Crippen LogP contribution is 2.27. The second kappa shape index (κ2) is 11.0. The predicted molar refractivity (Wildman–Crippen MR) is 148 cm³/mol. The van der Waals surface area contributed by atoms with E-state index in [0.29, 0.717) is 6.42 Å². The third kappa shape index (κ3) is 5.80. The number of aryl methyl sites for hydroxylation is 2. The Morgan fingerprint density at radius 3 is 2.36 bits per heavy atom. The first-order chi connectivity index (χ1) is 18.8. The highest BCUT2D eigenvalue weighted by molar-refractivity contribution is 7.90. The van der Waals surface area contributed by atoms with Gasteiger partial charge in [-0.1, -0.05) is 42.8 Å². The molecule has 0 aliphatic carbocycles. The van der Waals surface area contributed by atoms with Gasteiger partial charge in [-0.15, -0.1) is 0 Å². The summed E-state index contributed by atoms with van der Waals surface area (Å²) in [5.41, 5.74) is 6.65. The summed E-state index contributed by atoms with van der Waals surface area (Å²) < 4.78 is 33.9. The number of carbonyl (C=O) groups excluding carboxylic acids is 1. The zero-order valence-electron chi connectivity index (χ0n) is 21.5. The van der Waals surface area contributed by atoms with Crippen LogP contribution < -0.4 is 4.72 Å². The van der Waals surface area contributed by atoms with Crippen LogP contribution in [0.25, 0.3) is 27.8 Å². The van der Waals surface area contributed by atoms with Gasteiger partial charge in [0.15, 0.2) is 0 Å². The van der Waals surface area contributed by atoms with Crippen LogP contribution in [-0.4, -0.2) is 40.6 Å². The van der Waals surface area contributed by atoms with E-state index in [2.05, 4.69) is 27.5 Å². The lowest BCUT2D eigenvalue weighted by Crippen LogP contribution is -2.31. The number of sulfonamides is 1. The van der Waals surface area contributed by atoms with E-state index in [4.69, 9.17) is 9.72 Å². The molecule has 0 unspecified atom stereocenters. The summed E-state index contributed by atoms with van der Waals surface area (Å²) >= 11 is 0. The van der Waals surface area contributed by atoms with Gasteiger partial charge >= 0.3 is 6.09 Å². The number of nitrogens with zero attached hydrogens (tertiary/aromatic N) is 4. The number of nitrogens with one attached hydrogen (secondary N) is 1. The first-order valence-corrected chi connectivity index (χ1v) is 13.9. The first kappa shape index (κ1) is 26.1. The van der Waals surface area contributed by atoms with Crippen LogP contribution in [0.4, 0.5) is 4.79 Å². The average Bonchev–Trinajstić information content (AvgIpc) is 3.32. The van der Waals surface area contributed by atoms with Gasteiger partial charge in [-0.2, -0.15) is 0 Å². The largest absolute Gasteiger partial charge is 0.448 e. The van der Waals surface area contributed by atoms with Crippen LogP contribution in [-0.2, 0) is 27.6 Å². The molecule has 9 nitrogen and oxygen atoms in total. The maximum Gasteiger partial charge on any atom is 0.421 e. The van der Waals surface area contributed by atoms with Crippen LogP contribution in [0, 0.1) is 6.92 Å². The van der Waals surface area contributed by atoms with Crippen molar-refractivity contribution in [3.63, 3.8) is 0 Å². The lowest BCUT2D eigenvalue weighted by molar-refractivity contribution is 0.154. The van der Waals surface area contributed by atoms with Crippen molar-refractivity contribution in [3.05, 3.63) is 102 Å². The van der Waals surface area contributed by atoms with Gasteiger partial charge in [0, 0.05) is 36.5 Å². The Kier molecular flexibility index (Phi) is 7.38. The van der Waals surface area contributed by atoms with E-state index in [1.165, 1.54) is 18.5 Å². The molecular formula is C29H27N5O4S. The summed E-state index contributed by atoms with van der Waals surface area (Å²) in [6, 6.07) is 20.2. The number of ether oxygens (including phenoxy) is 1. The fraction of sp³-hybridized carbons (Fsp3) is 0.172. The van der Waals surface area contributed by atoms with Gasteiger partial charge in [-0.05, 0) is 54.4 Å². The molecule has 0 spiro atoms. The molecule has 0 saturated heterocycles. The Balaban J connectivity index is 1.25. The SMILES string of the molecule is CCc1nc2cc(-c3cncnc3)ccc2n1-c1ccc(CCOC(=O)NS(=O)(=O)c2ccc(C)cc2)cc1. The Morgan fingerprint density at radius 1 is 0.949 bits per heavy atom. The molecule has 0 aliphatic rings. The zero-order valence-corrected chi connectivity index (χ0v) is 22.4. The maximum atomic E-state index is 12.3. The van der Waals surface area contributed by atoms with Crippen molar-refractivity contribution in [3.8, 4) is 16.8 Å². The van der Waals surface area contributed by atoms with Gasteiger partial charge in [0.1, 0.15) is 12.2 Å². The Bertz CT molecular complexity index is 1720. The van der Waals surface area contributed by atoms with Crippen molar-refractivity contribution in [2.45, 2.75) is 31.6 Å². The number of amides is 1. The van der Waals surface area contributed by atoms with Crippen molar-refractivity contribution in [1.82, 2.24) is 24.2 Å². The number of carbonyl (C=O) groups is 1. The van der Waals surface area contributed by atoms with Crippen molar-refractivity contribution in [2.24, 2.45) is 0 Å². The monoisotopic (exact) mass is 541 g/mol. The molecule has 39 heavy (non-hydrogen) atoms. The van der Waals surface area contributed by atoms with Crippen LogP contribution in [0.15, 0.2) is 90.3 Å². The molecule has 1 amide bonds. The molecule has 1 N–H and O–H groups in total. The zero-order chi connectivity index (χ0) is 27.4. The van der Waals surface area contributed by atoms with Crippen LogP contribution in [0.1, 0.15) is 23.9 Å². The second-order valence-electron chi connectivity index (χ2n) is 9.02. The topological polar surface area (TPSA) is 116 Å². The number of fused-ring (bicyclic) bond motifs is 1. The average molecular weight is 542 g/mol. The number of hydrogen-bond acceptors (Lipinski definition) is 7. The maximum absolute atomic E-state index is 12.3. The number of imidazole rings is 1. The predicted octanol–water partition coefficient (Wildman–Crippen LogP) is 5.01. The summed E-state index contributed by atoms with van der Waals surface area (Å²) in [6.07, 6.45) is 5.25. The fourth-order valence-corrected chi connectivity index (χ4v) is 5.16. The number of aromatic nitrogens is 4. The minimum absolute atomic E-state index is 0.00409. The minimum atomic E-state index is -3.98. The van der Waals surface area contributed by atoms with E-state index in [-0.39, 0.29) is 11.5 Å². The van der Waals surface area contributed by atoms with E-state index >= 15 is 0 Å². The van der Waals surface area contributed by atoms with Gasteiger partial charge in [0.05, 0.1) is 22.5 Å². The lowest BCUT2D eigenvalue weighted by Gasteiger charge is -2.11. The third-order valence-electron chi connectivity index (χ3n) is 6.30. The summed E-state index contributed by atoms with van der Waals surface area (Å²) in [6.45, 7) is 3.96. The molecule has 5 aromatic rings. The first-order valence-electron chi connectivity index (χ1n) is 12.5. The van der Waals surface area contributed by atoms with Gasteiger partial charge in [0.2, 0.25) is 0 Å². The molecule has 0 aliphatic heterocycles. The normalized spacial score (nSPS) is 11.4. The second-order valence-corrected chi connectivity index (χ2v) is 10.7. The van der Waals surface area contributed by atoms with Gasteiger partial charge < -0.3 is 4.74 Å². The molecule has 0 atom stereocenters. The summed E-state index contributed by atoms with van der Waals surface area (Å²) in [5, 5.41) is 0. The molecule has 0 saturated carbocycles. The van der Waals surface area contributed by atoms with Crippen LogP contribution in [0.5, 0.6) is 0 Å². The Hall–Kier alpha value is -4.57. The molecule has 0 bridgehead atoms. The molecule has 10 heteroatoms. The van der Waals surface area contributed by atoms with Crippen molar-refractivity contribution in [1.29, 1.82) is 0 Å². The fourth-order valence-electron chi connectivity index (χ4n) is 4.27. The third-order valence-corrected chi connectivity index (χ3v) is 7.63. The quantitative estimate of drug-likeness (QED) is 0.293. The van der Waals surface area contributed by atoms with E-state index < -0.39 is 16.1 Å². The molecular weight excluding hydrogens is 514 g/mol. The molecule has 2 aromatic heterocycles. The van der Waals surface area contributed by atoms with Crippen LogP contribution in [0.2, 0.25) is 0 Å². The smallest absolute Gasteiger partial charge is 0.421 e. The number of benzene rings is 3. The van der Waals surface area contributed by atoms with Gasteiger partial charge in [-0.25, -0.2) is 32.9 Å². The number of hydrogen-bond donors (Lipinski definition) is 1. The summed E-state index contributed by atoms with van der Waals surface area (Å²) in [4.78, 5) is 25.1. The van der Waals surface area contributed by atoms with Crippen molar-refractivity contribution >= 4 is 27.1 Å². The van der Waals surface area contributed by atoms with E-state index in [1.54, 1.807) is 24.5 Å². The molecule has 198 valence electrons.